The van der Waals surface area contributed by atoms with Crippen molar-refractivity contribution < 1.29 is 58.9 Å². The van der Waals surface area contributed by atoms with Crippen LogP contribution in [0.15, 0.2) is 109 Å². The third-order valence-electron chi connectivity index (χ3n) is 7.26. The molecule has 4 aromatic carbocycles. The van der Waals surface area contributed by atoms with Crippen LogP contribution in [-0.4, -0.2) is 71.3 Å². The van der Waals surface area contributed by atoms with Crippen LogP contribution in [0.5, 0.6) is 46.0 Å². The van der Waals surface area contributed by atoms with Crippen LogP contribution in [0.1, 0.15) is 28.7 Å². The van der Waals surface area contributed by atoms with E-state index < -0.39 is 5.78 Å². The highest BCUT2D eigenvalue weighted by Crippen LogP contribution is 2.29. The fraction of sp³-hybridized carbons (Fsp3) is 0.119. The molecular weight excluding hydrogens is 696 g/mol. The minimum absolute atomic E-state index is 0.00662. The third-order valence-corrected chi connectivity index (χ3v) is 7.26. The molecule has 0 aliphatic rings. The number of hydrogen-bond acceptors (Lipinski definition) is 12. The lowest BCUT2D eigenvalue weighted by atomic mass is 10.1. The lowest BCUT2D eigenvalue weighted by molar-refractivity contribution is -0.122. The van der Waals surface area contributed by atoms with Gasteiger partial charge in [-0.15, -0.1) is 0 Å². The Balaban J connectivity index is 0.000000290. The molecule has 0 aliphatic heterocycles. The number of phenols is 4. The number of aliphatic hydroxyl groups is 1. The molecule has 0 aromatic heterocycles. The minimum atomic E-state index is -0.410. The van der Waals surface area contributed by atoms with Crippen molar-refractivity contribution in [3.8, 4) is 46.0 Å². The van der Waals surface area contributed by atoms with E-state index >= 15 is 0 Å². The standard InChI is InChI=1S/2C21H20O6/c2*1-26-20-11-14(5-9-18(20)24)3-7-16(22)13-17(23)8-4-15-6-10-19(25)21(12-15)27-2/h3-12,24-25H,13H2,1-2H3;3-13,22,24-25H,1-2H3/b7-3+,8-4+;7-3+,8-4+,16-13-. The fourth-order valence-corrected chi connectivity index (χ4v) is 4.46. The van der Waals surface area contributed by atoms with Crippen molar-refractivity contribution in [2.45, 2.75) is 6.42 Å². The Morgan fingerprint density at radius 2 is 0.778 bits per heavy atom. The zero-order valence-corrected chi connectivity index (χ0v) is 29.9. The largest absolute Gasteiger partial charge is 0.508 e. The average molecular weight is 737 g/mol. The molecule has 0 fully saturated rings. The van der Waals surface area contributed by atoms with Crippen LogP contribution in [0.2, 0.25) is 0 Å². The van der Waals surface area contributed by atoms with E-state index in [0.29, 0.717) is 45.3 Å². The van der Waals surface area contributed by atoms with Gasteiger partial charge in [-0.05, 0) is 95.1 Å². The molecule has 5 N–H and O–H groups in total. The highest BCUT2D eigenvalue weighted by Gasteiger charge is 2.07. The maximum Gasteiger partial charge on any atom is 0.182 e. The number of methoxy groups -OCH3 is 4. The summed E-state index contributed by atoms with van der Waals surface area (Å²) in [5, 5.41) is 48.0. The number of phenolic OH excluding ortho intramolecular Hbond substituents is 4. The van der Waals surface area contributed by atoms with Gasteiger partial charge in [0.15, 0.2) is 63.3 Å². The SMILES string of the molecule is COc1cc(/C=C/C(=O)/C=C(O)/C=C/c2ccc(O)c(OC)c2)ccc1O.COc1cc(/C=C/C(=O)CC(=O)/C=C/c2ccc(O)c(OC)c2)ccc1O. The van der Waals surface area contributed by atoms with Crippen molar-refractivity contribution in [2.24, 2.45) is 0 Å². The summed E-state index contributed by atoms with van der Waals surface area (Å²) in [6, 6.07) is 18.7. The summed E-state index contributed by atoms with van der Waals surface area (Å²) in [6.45, 7) is 0. The van der Waals surface area contributed by atoms with Crippen LogP contribution in [0.4, 0.5) is 0 Å². The van der Waals surface area contributed by atoms with Crippen molar-refractivity contribution >= 4 is 41.7 Å². The number of carbonyl (C=O) groups excluding carboxylic acids is 3. The third kappa shape index (κ3) is 13.2. The summed E-state index contributed by atoms with van der Waals surface area (Å²) in [7, 11) is 5.74. The second-order valence-electron chi connectivity index (χ2n) is 11.1. The van der Waals surface area contributed by atoms with Crippen LogP contribution in [-0.2, 0) is 14.4 Å². The number of benzene rings is 4. The molecule has 54 heavy (non-hydrogen) atoms. The van der Waals surface area contributed by atoms with Gasteiger partial charge in [-0.3, -0.25) is 14.4 Å². The van der Waals surface area contributed by atoms with Gasteiger partial charge in [0, 0.05) is 6.08 Å². The molecule has 0 amide bonds. The number of rotatable bonds is 15. The molecule has 4 aromatic rings. The van der Waals surface area contributed by atoms with Gasteiger partial charge in [0.2, 0.25) is 0 Å². The fourth-order valence-electron chi connectivity index (χ4n) is 4.46. The maximum atomic E-state index is 11.9. The molecule has 280 valence electrons. The number of ether oxygens (including phenoxy) is 4. The normalized spacial score (nSPS) is 11.4. The van der Waals surface area contributed by atoms with E-state index in [1.165, 1.54) is 77.0 Å². The summed E-state index contributed by atoms with van der Waals surface area (Å²) in [4.78, 5) is 35.8. The molecule has 4 rings (SSSR count). The number of ketones is 3. The lowest BCUT2D eigenvalue weighted by Gasteiger charge is -2.03. The Morgan fingerprint density at radius 3 is 1.09 bits per heavy atom. The Bertz CT molecular complexity index is 2030. The average Bonchev–Trinajstić information content (AvgIpc) is 3.16. The second kappa shape index (κ2) is 20.6. The smallest absolute Gasteiger partial charge is 0.182 e. The summed E-state index contributed by atoms with van der Waals surface area (Å²) >= 11 is 0. The van der Waals surface area contributed by atoms with E-state index in [1.54, 1.807) is 72.8 Å². The zero-order chi connectivity index (χ0) is 39.6. The molecule has 0 atom stereocenters. The predicted molar refractivity (Wildman–Crippen MR) is 205 cm³/mol. The van der Waals surface area contributed by atoms with E-state index in [0.717, 1.165) is 6.08 Å². The van der Waals surface area contributed by atoms with Crippen molar-refractivity contribution in [1.29, 1.82) is 0 Å². The Morgan fingerprint density at radius 1 is 0.481 bits per heavy atom. The number of aromatic hydroxyl groups is 4. The van der Waals surface area contributed by atoms with Gasteiger partial charge >= 0.3 is 0 Å². The highest BCUT2D eigenvalue weighted by atomic mass is 16.5. The van der Waals surface area contributed by atoms with E-state index in [-0.39, 0.29) is 46.7 Å². The topological polar surface area (TPSA) is 189 Å². The van der Waals surface area contributed by atoms with Gasteiger partial charge < -0.3 is 44.5 Å². The number of hydrogen-bond donors (Lipinski definition) is 5. The van der Waals surface area contributed by atoms with E-state index in [4.69, 9.17) is 18.9 Å². The van der Waals surface area contributed by atoms with Crippen LogP contribution in [0, 0.1) is 0 Å². The summed E-state index contributed by atoms with van der Waals surface area (Å²) in [5.74, 6) is -0.0816. The minimum Gasteiger partial charge on any atom is -0.508 e. The Labute approximate surface area is 312 Å². The molecule has 0 saturated carbocycles. The maximum absolute atomic E-state index is 11.9. The molecule has 0 bridgehead atoms. The molecular formula is C42H40O12. The van der Waals surface area contributed by atoms with Crippen molar-refractivity contribution in [3.05, 3.63) is 131 Å². The Hall–Kier alpha value is -7.21. The molecule has 0 spiro atoms. The quantitative estimate of drug-likeness (QED) is 0.0357. The molecule has 12 nitrogen and oxygen atoms in total. The molecule has 0 aliphatic carbocycles. The highest BCUT2D eigenvalue weighted by molar-refractivity contribution is 6.11. The van der Waals surface area contributed by atoms with Crippen LogP contribution < -0.4 is 18.9 Å². The number of allylic oxidation sites excluding steroid dienone is 5. The van der Waals surface area contributed by atoms with Gasteiger partial charge in [0.05, 0.1) is 34.9 Å². The summed E-state index contributed by atoms with van der Waals surface area (Å²) < 4.78 is 20.0. The first-order valence-corrected chi connectivity index (χ1v) is 16.1. The molecule has 0 heterocycles. The summed E-state index contributed by atoms with van der Waals surface area (Å²) in [5.41, 5.74) is 2.68. The van der Waals surface area contributed by atoms with Crippen molar-refractivity contribution in [3.63, 3.8) is 0 Å². The van der Waals surface area contributed by atoms with Gasteiger partial charge in [0.25, 0.3) is 0 Å². The van der Waals surface area contributed by atoms with Gasteiger partial charge in [-0.1, -0.05) is 48.6 Å². The molecule has 12 heteroatoms. The monoisotopic (exact) mass is 736 g/mol. The number of carbonyl (C=O) groups is 3. The van der Waals surface area contributed by atoms with E-state index in [9.17, 15) is 39.9 Å². The van der Waals surface area contributed by atoms with Gasteiger partial charge in [-0.2, -0.15) is 0 Å². The molecule has 0 radical (unpaired) electrons. The summed E-state index contributed by atoms with van der Waals surface area (Å²) in [6.07, 6.45) is 12.3. The first-order valence-electron chi connectivity index (χ1n) is 16.1. The van der Waals surface area contributed by atoms with Gasteiger partial charge in [-0.25, -0.2) is 0 Å². The van der Waals surface area contributed by atoms with E-state index in [1.807, 2.05) is 0 Å². The Kier molecular flexibility index (Phi) is 15.7. The first kappa shape index (κ1) is 41.2. The van der Waals surface area contributed by atoms with Crippen LogP contribution >= 0.6 is 0 Å². The van der Waals surface area contributed by atoms with E-state index in [2.05, 4.69) is 0 Å². The molecule has 0 unspecified atom stereocenters. The van der Waals surface area contributed by atoms with Gasteiger partial charge in [0.1, 0.15) is 5.76 Å². The zero-order valence-electron chi connectivity index (χ0n) is 29.9. The molecule has 0 saturated heterocycles. The first-order chi connectivity index (χ1) is 25.8. The predicted octanol–water partition coefficient (Wildman–Crippen LogP) is 7.22. The van der Waals surface area contributed by atoms with Crippen LogP contribution in [0.3, 0.4) is 0 Å². The van der Waals surface area contributed by atoms with Crippen molar-refractivity contribution in [2.75, 3.05) is 28.4 Å². The lowest BCUT2D eigenvalue weighted by Crippen LogP contribution is -2.01. The second-order valence-corrected chi connectivity index (χ2v) is 11.1. The van der Waals surface area contributed by atoms with Crippen LogP contribution in [0.25, 0.3) is 24.3 Å². The van der Waals surface area contributed by atoms with Crippen molar-refractivity contribution in [1.82, 2.24) is 0 Å². The number of aliphatic hydroxyl groups excluding tert-OH is 1.